The fraction of sp³-hybridized carbons (Fsp3) is 0.130. The standard InChI is InChI=1S/C46H31F6N3O3S2/c47-45(48,49)33-13-1-7-27(21-33)23-39-54-37-17-5-15-35(41(37)59-39)29-9-3-11-31(25-29)43(56)53-19-20-58-44(57)32-12-4-10-30(26-32)36-16-6-18-38-42(36)60-40(55-38)24-28-8-2-14-34(22-28)46(50,51)52/h1-18,21-22,25-26H,19-20,23-24H2,(H,53,56). The van der Waals surface area contributed by atoms with Crippen molar-refractivity contribution < 1.29 is 40.7 Å². The number of amides is 1. The van der Waals surface area contributed by atoms with Crippen LogP contribution >= 0.6 is 22.7 Å². The summed E-state index contributed by atoms with van der Waals surface area (Å²) in [5.74, 6) is -0.957. The van der Waals surface area contributed by atoms with Crippen LogP contribution in [0.1, 0.15) is 53.0 Å². The first-order chi connectivity index (χ1) is 28.8. The highest BCUT2D eigenvalue weighted by Gasteiger charge is 2.31. The van der Waals surface area contributed by atoms with Crippen LogP contribution in [0.3, 0.4) is 0 Å². The maximum atomic E-state index is 13.3. The molecule has 0 radical (unpaired) electrons. The molecule has 8 aromatic rings. The molecule has 1 amide bonds. The number of ether oxygens (including phenoxy) is 1. The van der Waals surface area contributed by atoms with Crippen LogP contribution in [0.2, 0.25) is 0 Å². The first-order valence-electron chi connectivity index (χ1n) is 18.5. The third-order valence-corrected chi connectivity index (χ3v) is 11.8. The number of carbonyl (C=O) groups excluding carboxylic acids is 2. The molecule has 60 heavy (non-hydrogen) atoms. The second kappa shape index (κ2) is 16.7. The van der Waals surface area contributed by atoms with Gasteiger partial charge in [0.05, 0.1) is 53.7 Å². The Morgan fingerprint density at radius 1 is 0.567 bits per heavy atom. The SMILES string of the molecule is O=C(NCCOC(=O)c1cccc(-c2cccc3nc(Cc4cccc(C(F)(F)F)c4)sc23)c1)c1cccc(-c2cccc3nc(Cc4cccc(C(F)(F)F)c4)sc23)c1. The number of nitrogens with zero attached hydrogens (tertiary/aromatic N) is 2. The Balaban J connectivity index is 0.892. The topological polar surface area (TPSA) is 81.2 Å². The molecule has 0 aliphatic heterocycles. The molecule has 0 aliphatic rings. The number of halogens is 6. The fourth-order valence-electron chi connectivity index (χ4n) is 6.80. The van der Waals surface area contributed by atoms with E-state index in [2.05, 4.69) is 15.3 Å². The molecule has 0 aliphatic carbocycles. The molecule has 1 N–H and O–H groups in total. The highest BCUT2D eigenvalue weighted by molar-refractivity contribution is 7.19. The van der Waals surface area contributed by atoms with E-state index in [1.807, 2.05) is 48.5 Å². The lowest BCUT2D eigenvalue weighted by Gasteiger charge is -2.10. The lowest BCUT2D eigenvalue weighted by atomic mass is 10.0. The van der Waals surface area contributed by atoms with Gasteiger partial charge in [0.15, 0.2) is 0 Å². The van der Waals surface area contributed by atoms with E-state index in [0.717, 1.165) is 55.9 Å². The van der Waals surface area contributed by atoms with E-state index in [1.165, 1.54) is 34.8 Å². The molecule has 0 spiro atoms. The first-order valence-corrected chi connectivity index (χ1v) is 20.2. The van der Waals surface area contributed by atoms with Gasteiger partial charge < -0.3 is 10.1 Å². The van der Waals surface area contributed by atoms with Gasteiger partial charge in [0.25, 0.3) is 5.91 Å². The molecule has 2 heterocycles. The number of aromatic nitrogens is 2. The summed E-state index contributed by atoms with van der Waals surface area (Å²) in [6, 6.07) is 35.5. The van der Waals surface area contributed by atoms with Gasteiger partial charge in [-0.1, -0.05) is 84.9 Å². The van der Waals surface area contributed by atoms with Crippen molar-refractivity contribution >= 4 is 55.0 Å². The van der Waals surface area contributed by atoms with Gasteiger partial charge >= 0.3 is 18.3 Å². The van der Waals surface area contributed by atoms with Gasteiger partial charge in [-0.25, -0.2) is 14.8 Å². The maximum absolute atomic E-state index is 13.3. The van der Waals surface area contributed by atoms with Crippen LogP contribution in [0.4, 0.5) is 26.3 Å². The fourth-order valence-corrected chi connectivity index (χ4v) is 9.06. The highest BCUT2D eigenvalue weighted by Crippen LogP contribution is 2.37. The molecule has 302 valence electrons. The van der Waals surface area contributed by atoms with Crippen molar-refractivity contribution in [2.75, 3.05) is 13.2 Å². The molecule has 0 saturated heterocycles. The van der Waals surface area contributed by atoms with Gasteiger partial charge in [-0.05, 0) is 70.8 Å². The number of alkyl halides is 6. The molecular weight excluding hydrogens is 821 g/mol. The quantitative estimate of drug-likeness (QED) is 0.0796. The van der Waals surface area contributed by atoms with Crippen LogP contribution in [-0.4, -0.2) is 35.0 Å². The maximum Gasteiger partial charge on any atom is 0.416 e. The monoisotopic (exact) mass is 851 g/mol. The molecule has 0 atom stereocenters. The molecule has 6 aromatic carbocycles. The molecule has 0 fully saturated rings. The Bertz CT molecular complexity index is 2690. The molecular formula is C46H31F6N3O3S2. The van der Waals surface area contributed by atoms with Gasteiger partial charge in [-0.3, -0.25) is 4.79 Å². The lowest BCUT2D eigenvalue weighted by Crippen LogP contribution is -2.28. The summed E-state index contributed by atoms with van der Waals surface area (Å²) in [7, 11) is 0. The number of thiazole rings is 2. The van der Waals surface area contributed by atoms with Gasteiger partial charge in [-0.15, -0.1) is 22.7 Å². The van der Waals surface area contributed by atoms with Crippen molar-refractivity contribution in [3.05, 3.63) is 177 Å². The minimum Gasteiger partial charge on any atom is -0.460 e. The summed E-state index contributed by atoms with van der Waals surface area (Å²) in [5.41, 5.74) is 4.78. The zero-order chi connectivity index (χ0) is 42.0. The van der Waals surface area contributed by atoms with E-state index in [1.54, 1.807) is 48.5 Å². The minimum absolute atomic E-state index is 0.0483. The molecule has 2 aromatic heterocycles. The Labute approximate surface area is 347 Å². The normalized spacial score (nSPS) is 11.9. The average Bonchev–Trinajstić information content (AvgIpc) is 3.85. The Kier molecular flexibility index (Phi) is 11.2. The van der Waals surface area contributed by atoms with Crippen molar-refractivity contribution in [2.45, 2.75) is 25.2 Å². The lowest BCUT2D eigenvalue weighted by molar-refractivity contribution is -0.138. The van der Waals surface area contributed by atoms with Gasteiger partial charge in [-0.2, -0.15) is 26.3 Å². The molecule has 0 bridgehead atoms. The highest BCUT2D eigenvalue weighted by atomic mass is 32.1. The van der Waals surface area contributed by atoms with Gasteiger partial charge in [0.1, 0.15) is 6.61 Å². The summed E-state index contributed by atoms with van der Waals surface area (Å²) < 4.78 is 86.8. The van der Waals surface area contributed by atoms with E-state index < -0.39 is 29.4 Å². The van der Waals surface area contributed by atoms with E-state index in [0.29, 0.717) is 43.3 Å². The Morgan fingerprint density at radius 2 is 1.03 bits per heavy atom. The van der Waals surface area contributed by atoms with Crippen molar-refractivity contribution in [1.29, 1.82) is 0 Å². The zero-order valence-corrected chi connectivity index (χ0v) is 32.9. The molecule has 6 nitrogen and oxygen atoms in total. The third kappa shape index (κ3) is 9.09. The molecule has 14 heteroatoms. The molecule has 8 rings (SSSR count). The van der Waals surface area contributed by atoms with Crippen molar-refractivity contribution in [3.8, 4) is 22.3 Å². The third-order valence-electron chi connectivity index (χ3n) is 9.60. The number of hydrogen-bond donors (Lipinski definition) is 1. The summed E-state index contributed by atoms with van der Waals surface area (Å²) in [6.45, 7) is -0.0424. The number of fused-ring (bicyclic) bond motifs is 2. The van der Waals surface area contributed by atoms with Gasteiger partial charge in [0.2, 0.25) is 0 Å². The molecule has 0 unspecified atom stereocenters. The average molecular weight is 852 g/mol. The van der Waals surface area contributed by atoms with Crippen LogP contribution in [0.15, 0.2) is 133 Å². The van der Waals surface area contributed by atoms with Crippen LogP contribution in [-0.2, 0) is 29.9 Å². The summed E-state index contributed by atoms with van der Waals surface area (Å²) >= 11 is 2.77. The predicted molar refractivity (Wildman–Crippen MR) is 221 cm³/mol. The summed E-state index contributed by atoms with van der Waals surface area (Å²) in [5, 5.41) is 4.10. The summed E-state index contributed by atoms with van der Waals surface area (Å²) in [4.78, 5) is 35.6. The number of nitrogens with one attached hydrogen (secondary N) is 1. The van der Waals surface area contributed by atoms with Crippen LogP contribution in [0.5, 0.6) is 0 Å². The summed E-state index contributed by atoms with van der Waals surface area (Å²) in [6.07, 6.45) is -8.40. The van der Waals surface area contributed by atoms with Crippen molar-refractivity contribution in [1.82, 2.24) is 15.3 Å². The number of benzene rings is 6. The zero-order valence-electron chi connectivity index (χ0n) is 31.2. The van der Waals surface area contributed by atoms with E-state index in [9.17, 15) is 35.9 Å². The van der Waals surface area contributed by atoms with Gasteiger partial charge in [0, 0.05) is 29.5 Å². The van der Waals surface area contributed by atoms with Crippen molar-refractivity contribution in [2.24, 2.45) is 0 Å². The Hall–Kier alpha value is -6.38. The number of esters is 1. The van der Waals surface area contributed by atoms with Crippen LogP contribution in [0.25, 0.3) is 42.7 Å². The largest absolute Gasteiger partial charge is 0.460 e. The Morgan fingerprint density at radius 3 is 1.55 bits per heavy atom. The first kappa shape index (κ1) is 40.4. The van der Waals surface area contributed by atoms with Crippen LogP contribution in [0, 0.1) is 0 Å². The van der Waals surface area contributed by atoms with Crippen molar-refractivity contribution in [3.63, 3.8) is 0 Å². The molecule has 0 saturated carbocycles. The number of hydrogen-bond acceptors (Lipinski definition) is 7. The second-order valence-electron chi connectivity index (χ2n) is 13.8. The number of carbonyl (C=O) groups is 2. The second-order valence-corrected chi connectivity index (χ2v) is 16.0. The minimum atomic E-state index is -4.44. The van der Waals surface area contributed by atoms with Crippen LogP contribution < -0.4 is 5.32 Å². The van der Waals surface area contributed by atoms with E-state index in [-0.39, 0.29) is 31.9 Å². The van der Waals surface area contributed by atoms with E-state index in [4.69, 9.17) is 4.74 Å². The number of rotatable bonds is 11. The predicted octanol–water partition coefficient (Wildman–Crippen LogP) is 12.0. The smallest absolute Gasteiger partial charge is 0.416 e. The van der Waals surface area contributed by atoms with E-state index >= 15 is 0 Å².